The molecule has 130 valence electrons. The average Bonchev–Trinajstić information content (AvgIpc) is 2.53. The molecular weight excluding hydrogens is 352 g/mol. The number of aromatic amines is 1. The minimum absolute atomic E-state index is 0.0667. The van der Waals surface area contributed by atoms with Crippen LogP contribution >= 0.6 is 0 Å². The zero-order valence-electron chi connectivity index (χ0n) is 13.0. The Bertz CT molecular complexity index is 1070. The van der Waals surface area contributed by atoms with Crippen molar-refractivity contribution >= 4 is 21.5 Å². The Balaban J connectivity index is 2.61. The predicted octanol–water partition coefficient (Wildman–Crippen LogP) is 1.93. The summed E-state index contributed by atoms with van der Waals surface area (Å²) in [7, 11) is -3.15. The maximum Gasteiger partial charge on any atom is 0.294 e. The SMILES string of the molecule is COc1ccc(S(=O)(=O)O)cc1N=Nc1c(C)c(C#N)c(O)[nH]c1=O. The second-order valence-electron chi connectivity index (χ2n) is 4.77. The number of methoxy groups -OCH3 is 1. The summed E-state index contributed by atoms with van der Waals surface area (Å²) < 4.78 is 36.5. The Kier molecular flexibility index (Phi) is 4.87. The molecule has 0 aliphatic carbocycles. The number of nitrogens with zero attached hydrogens (tertiary/aromatic N) is 3. The number of ether oxygens (including phenoxy) is 1. The minimum Gasteiger partial charge on any atom is -0.494 e. The molecular formula is C14H12N4O6S. The highest BCUT2D eigenvalue weighted by atomic mass is 32.2. The van der Waals surface area contributed by atoms with Crippen LogP contribution in [0.3, 0.4) is 0 Å². The van der Waals surface area contributed by atoms with Gasteiger partial charge in [0.25, 0.3) is 15.7 Å². The van der Waals surface area contributed by atoms with Crippen LogP contribution in [0.1, 0.15) is 11.1 Å². The first kappa shape index (κ1) is 18.1. The van der Waals surface area contributed by atoms with Gasteiger partial charge in [0.15, 0.2) is 5.69 Å². The third-order valence-corrected chi connectivity index (χ3v) is 4.08. The molecule has 3 N–H and O–H groups in total. The summed E-state index contributed by atoms with van der Waals surface area (Å²) in [6.07, 6.45) is 0. The molecule has 25 heavy (non-hydrogen) atoms. The highest BCUT2D eigenvalue weighted by Crippen LogP contribution is 2.32. The molecule has 0 bridgehead atoms. The summed E-state index contributed by atoms with van der Waals surface area (Å²) in [6, 6.07) is 5.10. The van der Waals surface area contributed by atoms with E-state index in [4.69, 9.17) is 14.6 Å². The fraction of sp³-hybridized carbons (Fsp3) is 0.143. The smallest absolute Gasteiger partial charge is 0.294 e. The van der Waals surface area contributed by atoms with Crippen molar-refractivity contribution in [3.63, 3.8) is 0 Å². The number of hydrogen-bond acceptors (Lipinski definition) is 8. The molecule has 2 rings (SSSR count). The Hall–Kier alpha value is -3.23. The van der Waals surface area contributed by atoms with E-state index >= 15 is 0 Å². The van der Waals surface area contributed by atoms with E-state index in [-0.39, 0.29) is 28.3 Å². The predicted molar refractivity (Wildman–Crippen MR) is 85.2 cm³/mol. The van der Waals surface area contributed by atoms with Crippen LogP contribution in [0.25, 0.3) is 0 Å². The number of H-pyrrole nitrogens is 1. The van der Waals surface area contributed by atoms with E-state index in [2.05, 4.69) is 15.2 Å². The fourth-order valence-electron chi connectivity index (χ4n) is 1.97. The monoisotopic (exact) mass is 364 g/mol. The summed E-state index contributed by atoms with van der Waals surface area (Å²) >= 11 is 0. The van der Waals surface area contributed by atoms with Crippen LogP contribution in [0.2, 0.25) is 0 Å². The molecule has 1 heterocycles. The number of pyridine rings is 1. The van der Waals surface area contributed by atoms with E-state index in [0.717, 1.165) is 12.1 Å². The lowest BCUT2D eigenvalue weighted by Gasteiger charge is -2.06. The number of benzene rings is 1. The van der Waals surface area contributed by atoms with Gasteiger partial charge in [-0.2, -0.15) is 13.7 Å². The molecule has 0 amide bonds. The Morgan fingerprint density at radius 3 is 2.56 bits per heavy atom. The highest BCUT2D eigenvalue weighted by molar-refractivity contribution is 7.85. The van der Waals surface area contributed by atoms with Crippen LogP contribution in [0, 0.1) is 18.3 Å². The van der Waals surface area contributed by atoms with Gasteiger partial charge in [0, 0.05) is 5.56 Å². The first-order chi connectivity index (χ1) is 11.7. The molecule has 0 aliphatic heterocycles. The van der Waals surface area contributed by atoms with Crippen molar-refractivity contribution in [2.24, 2.45) is 10.2 Å². The van der Waals surface area contributed by atoms with Gasteiger partial charge in [-0.3, -0.25) is 14.3 Å². The molecule has 0 fully saturated rings. The number of rotatable bonds is 4. The standard InChI is InChI=1S/C14H12N4O6S/c1-7-9(6-15)13(19)16-14(20)12(7)18-17-10-5-8(25(21,22)23)3-4-11(10)24-2/h3-5H,1-2H3,(H2,16,19,20)(H,21,22,23). The van der Waals surface area contributed by atoms with Crippen molar-refractivity contribution in [3.8, 4) is 17.7 Å². The molecule has 2 aromatic rings. The van der Waals surface area contributed by atoms with Crippen LogP contribution in [-0.2, 0) is 10.1 Å². The zero-order valence-corrected chi connectivity index (χ0v) is 13.8. The maximum atomic E-state index is 11.9. The van der Waals surface area contributed by atoms with Gasteiger partial charge in [-0.15, -0.1) is 10.2 Å². The maximum absolute atomic E-state index is 11.9. The second-order valence-corrected chi connectivity index (χ2v) is 6.19. The molecule has 0 radical (unpaired) electrons. The third-order valence-electron chi connectivity index (χ3n) is 3.23. The summed E-state index contributed by atoms with van der Waals surface area (Å²) in [6.45, 7) is 1.40. The molecule has 0 spiro atoms. The largest absolute Gasteiger partial charge is 0.494 e. The van der Waals surface area contributed by atoms with E-state index in [9.17, 15) is 18.3 Å². The van der Waals surface area contributed by atoms with Crippen molar-refractivity contribution < 1.29 is 22.8 Å². The van der Waals surface area contributed by atoms with Crippen LogP contribution in [0.5, 0.6) is 11.6 Å². The van der Waals surface area contributed by atoms with Crippen LogP contribution < -0.4 is 10.3 Å². The third kappa shape index (κ3) is 3.65. The van der Waals surface area contributed by atoms with Gasteiger partial charge in [0.05, 0.1) is 12.0 Å². The summed E-state index contributed by atoms with van der Waals surface area (Å²) in [4.78, 5) is 13.5. The van der Waals surface area contributed by atoms with E-state index in [0.29, 0.717) is 0 Å². The summed E-state index contributed by atoms with van der Waals surface area (Å²) in [5.74, 6) is -0.445. The Morgan fingerprint density at radius 2 is 2.00 bits per heavy atom. The first-order valence-corrected chi connectivity index (χ1v) is 8.06. The number of aromatic nitrogens is 1. The zero-order chi connectivity index (χ0) is 18.8. The lowest BCUT2D eigenvalue weighted by atomic mass is 10.1. The topological polar surface area (TPSA) is 165 Å². The molecule has 1 aromatic heterocycles. The number of hydrogen-bond donors (Lipinski definition) is 3. The van der Waals surface area contributed by atoms with Crippen molar-refractivity contribution in [2.45, 2.75) is 11.8 Å². The molecule has 11 heteroatoms. The van der Waals surface area contributed by atoms with Crippen molar-refractivity contribution in [2.75, 3.05) is 7.11 Å². The molecule has 10 nitrogen and oxygen atoms in total. The van der Waals surface area contributed by atoms with Gasteiger partial charge in [-0.05, 0) is 25.1 Å². The minimum atomic E-state index is -4.47. The van der Waals surface area contributed by atoms with Gasteiger partial charge in [-0.25, -0.2) is 0 Å². The van der Waals surface area contributed by atoms with E-state index in [1.54, 1.807) is 6.07 Å². The Morgan fingerprint density at radius 1 is 1.32 bits per heavy atom. The van der Waals surface area contributed by atoms with Crippen molar-refractivity contribution in [1.29, 1.82) is 5.26 Å². The molecule has 0 unspecified atom stereocenters. The van der Waals surface area contributed by atoms with E-state index in [1.165, 1.54) is 20.1 Å². The molecule has 0 atom stereocenters. The first-order valence-electron chi connectivity index (χ1n) is 6.62. The number of nitrogens with one attached hydrogen (secondary N) is 1. The van der Waals surface area contributed by atoms with E-state index in [1.807, 2.05) is 0 Å². The average molecular weight is 364 g/mol. The van der Waals surface area contributed by atoms with Crippen LogP contribution in [0.15, 0.2) is 38.1 Å². The quantitative estimate of drug-likeness (QED) is 0.550. The molecule has 1 aromatic carbocycles. The van der Waals surface area contributed by atoms with E-state index < -0.39 is 26.5 Å². The highest BCUT2D eigenvalue weighted by Gasteiger charge is 2.15. The number of nitriles is 1. The van der Waals surface area contributed by atoms with Crippen LogP contribution in [0.4, 0.5) is 11.4 Å². The fourth-order valence-corrected chi connectivity index (χ4v) is 2.47. The molecule has 0 saturated carbocycles. The molecule has 0 saturated heterocycles. The van der Waals surface area contributed by atoms with Gasteiger partial charge < -0.3 is 9.84 Å². The number of azo groups is 1. The summed E-state index contributed by atoms with van der Waals surface area (Å²) in [5.41, 5.74) is -1.18. The van der Waals surface area contributed by atoms with Gasteiger partial charge in [0.1, 0.15) is 23.1 Å². The Labute approximate surface area is 141 Å². The summed E-state index contributed by atoms with van der Waals surface area (Å²) in [5, 5.41) is 26.0. The van der Waals surface area contributed by atoms with Crippen LogP contribution in [-0.4, -0.2) is 30.2 Å². The lowest BCUT2D eigenvalue weighted by molar-refractivity contribution is 0.415. The van der Waals surface area contributed by atoms with Gasteiger partial charge in [-0.1, -0.05) is 0 Å². The van der Waals surface area contributed by atoms with Gasteiger partial charge in [0.2, 0.25) is 5.88 Å². The second kappa shape index (κ2) is 6.71. The van der Waals surface area contributed by atoms with Crippen molar-refractivity contribution in [1.82, 2.24) is 4.98 Å². The molecule has 0 aliphatic rings. The number of aromatic hydroxyl groups is 1. The van der Waals surface area contributed by atoms with Gasteiger partial charge >= 0.3 is 0 Å². The normalized spacial score (nSPS) is 11.4. The lowest BCUT2D eigenvalue weighted by Crippen LogP contribution is -2.08. The van der Waals surface area contributed by atoms with Crippen molar-refractivity contribution in [3.05, 3.63) is 39.7 Å².